The summed E-state index contributed by atoms with van der Waals surface area (Å²) >= 11 is 0. The molecule has 0 aromatic heterocycles. The molecule has 140 valence electrons. The Balaban J connectivity index is 1.77. The first-order valence-corrected chi connectivity index (χ1v) is 8.12. The van der Waals surface area contributed by atoms with Gasteiger partial charge in [-0.15, -0.1) is 0 Å². The highest BCUT2D eigenvalue weighted by Crippen LogP contribution is 2.07. The standard InChI is InChI=1S/C19H19N3O5/c1-27-19(26)14-7-5-6-13(12-14)18(25)22-21-17(24)11-10-16(23)20-15-8-3-2-4-9-15/h2-9,12H,10-11H2,1H3,(H,20,23)(H,21,24)(H,22,25). The lowest BCUT2D eigenvalue weighted by molar-refractivity contribution is -0.124. The number of nitrogens with one attached hydrogen (secondary N) is 3. The van der Waals surface area contributed by atoms with E-state index in [1.807, 2.05) is 6.07 Å². The zero-order valence-electron chi connectivity index (χ0n) is 14.7. The number of carbonyl (C=O) groups is 4. The van der Waals surface area contributed by atoms with E-state index in [1.54, 1.807) is 24.3 Å². The van der Waals surface area contributed by atoms with E-state index in [0.29, 0.717) is 5.69 Å². The van der Waals surface area contributed by atoms with Gasteiger partial charge in [0.15, 0.2) is 0 Å². The van der Waals surface area contributed by atoms with Crippen LogP contribution < -0.4 is 16.2 Å². The van der Waals surface area contributed by atoms with Crippen molar-refractivity contribution in [3.8, 4) is 0 Å². The molecule has 0 aliphatic carbocycles. The van der Waals surface area contributed by atoms with Crippen LogP contribution in [-0.4, -0.2) is 30.8 Å². The number of esters is 1. The van der Waals surface area contributed by atoms with Gasteiger partial charge in [-0.2, -0.15) is 0 Å². The minimum absolute atomic E-state index is 0.0333. The third-order valence-electron chi connectivity index (χ3n) is 3.50. The monoisotopic (exact) mass is 369 g/mol. The first kappa shape index (κ1) is 19.6. The summed E-state index contributed by atoms with van der Waals surface area (Å²) in [7, 11) is 1.24. The Bertz CT molecular complexity index is 836. The van der Waals surface area contributed by atoms with E-state index in [1.165, 1.54) is 31.4 Å². The molecule has 0 atom stereocenters. The van der Waals surface area contributed by atoms with E-state index in [0.717, 1.165) is 0 Å². The number of carbonyl (C=O) groups excluding carboxylic acids is 4. The Hall–Kier alpha value is -3.68. The van der Waals surface area contributed by atoms with E-state index in [4.69, 9.17) is 0 Å². The Morgan fingerprint density at radius 2 is 1.48 bits per heavy atom. The fourth-order valence-electron chi connectivity index (χ4n) is 2.14. The van der Waals surface area contributed by atoms with Crippen molar-refractivity contribution in [2.75, 3.05) is 12.4 Å². The number of hydrazine groups is 1. The molecule has 2 aromatic rings. The lowest BCUT2D eigenvalue weighted by atomic mass is 10.1. The van der Waals surface area contributed by atoms with Crippen molar-refractivity contribution in [1.82, 2.24) is 10.9 Å². The van der Waals surface area contributed by atoms with Crippen LogP contribution in [0.3, 0.4) is 0 Å². The van der Waals surface area contributed by atoms with Crippen LogP contribution in [0.25, 0.3) is 0 Å². The molecule has 2 rings (SSSR count). The molecule has 27 heavy (non-hydrogen) atoms. The van der Waals surface area contributed by atoms with E-state index < -0.39 is 17.8 Å². The highest BCUT2D eigenvalue weighted by molar-refractivity contribution is 5.99. The second kappa shape index (κ2) is 9.71. The number of methoxy groups -OCH3 is 1. The van der Waals surface area contributed by atoms with Crippen LogP contribution in [-0.2, 0) is 14.3 Å². The lowest BCUT2D eigenvalue weighted by Gasteiger charge is -2.08. The summed E-state index contributed by atoms with van der Waals surface area (Å²) < 4.78 is 4.59. The molecule has 0 spiro atoms. The first-order valence-electron chi connectivity index (χ1n) is 8.12. The number of benzene rings is 2. The van der Waals surface area contributed by atoms with Crippen LogP contribution in [0.1, 0.15) is 33.6 Å². The summed E-state index contributed by atoms with van der Waals surface area (Å²) in [5.41, 5.74) is 5.50. The molecule has 2 aromatic carbocycles. The molecule has 0 saturated carbocycles. The largest absolute Gasteiger partial charge is 0.465 e. The summed E-state index contributed by atoms with van der Waals surface area (Å²) in [4.78, 5) is 47.1. The van der Waals surface area contributed by atoms with Gasteiger partial charge in [0.1, 0.15) is 0 Å². The van der Waals surface area contributed by atoms with Gasteiger partial charge in [-0.1, -0.05) is 24.3 Å². The topological polar surface area (TPSA) is 114 Å². The van der Waals surface area contributed by atoms with Gasteiger partial charge < -0.3 is 10.1 Å². The third-order valence-corrected chi connectivity index (χ3v) is 3.50. The van der Waals surface area contributed by atoms with E-state index in [2.05, 4.69) is 20.9 Å². The maximum Gasteiger partial charge on any atom is 0.337 e. The van der Waals surface area contributed by atoms with Crippen molar-refractivity contribution in [3.05, 3.63) is 65.7 Å². The van der Waals surface area contributed by atoms with Crippen molar-refractivity contribution in [2.45, 2.75) is 12.8 Å². The van der Waals surface area contributed by atoms with Gasteiger partial charge >= 0.3 is 5.97 Å². The zero-order valence-corrected chi connectivity index (χ0v) is 14.7. The van der Waals surface area contributed by atoms with Gasteiger partial charge in [-0.25, -0.2) is 4.79 Å². The number of hydrogen-bond donors (Lipinski definition) is 3. The second-order valence-electron chi connectivity index (χ2n) is 5.49. The summed E-state index contributed by atoms with van der Waals surface area (Å²) in [5.74, 6) is -2.00. The van der Waals surface area contributed by atoms with Gasteiger partial charge in [0, 0.05) is 24.1 Å². The van der Waals surface area contributed by atoms with E-state index in [-0.39, 0.29) is 29.9 Å². The molecule has 0 unspecified atom stereocenters. The normalized spacial score (nSPS) is 9.81. The van der Waals surface area contributed by atoms with E-state index in [9.17, 15) is 19.2 Å². The molecule has 0 radical (unpaired) electrons. The zero-order chi connectivity index (χ0) is 19.6. The molecule has 0 bridgehead atoms. The quantitative estimate of drug-likeness (QED) is 0.529. The van der Waals surface area contributed by atoms with Crippen LogP contribution in [0.15, 0.2) is 54.6 Å². The fourth-order valence-corrected chi connectivity index (χ4v) is 2.14. The first-order chi connectivity index (χ1) is 13.0. The average Bonchev–Trinajstić information content (AvgIpc) is 2.70. The Kier molecular flexibility index (Phi) is 7.07. The molecule has 8 heteroatoms. The van der Waals surface area contributed by atoms with Gasteiger partial charge in [0.2, 0.25) is 11.8 Å². The number of anilines is 1. The molecule has 0 saturated heterocycles. The Morgan fingerprint density at radius 3 is 2.19 bits per heavy atom. The molecular weight excluding hydrogens is 350 g/mol. The van der Waals surface area contributed by atoms with Gasteiger partial charge in [-0.3, -0.25) is 25.2 Å². The van der Waals surface area contributed by atoms with Crippen molar-refractivity contribution in [2.24, 2.45) is 0 Å². The number of ether oxygens (including phenoxy) is 1. The summed E-state index contributed by atoms with van der Waals surface area (Å²) in [5, 5.41) is 2.66. The van der Waals surface area contributed by atoms with Crippen LogP contribution >= 0.6 is 0 Å². The predicted molar refractivity (Wildman–Crippen MR) is 97.7 cm³/mol. The molecule has 0 aliphatic heterocycles. The third kappa shape index (κ3) is 6.28. The van der Waals surface area contributed by atoms with Gasteiger partial charge in [0.25, 0.3) is 5.91 Å². The number of rotatable bonds is 6. The number of para-hydroxylation sites is 1. The molecule has 0 aliphatic rings. The fraction of sp³-hybridized carbons (Fsp3) is 0.158. The minimum atomic E-state index is -0.595. The van der Waals surface area contributed by atoms with Crippen molar-refractivity contribution in [3.63, 3.8) is 0 Å². The average molecular weight is 369 g/mol. The van der Waals surface area contributed by atoms with Crippen LogP contribution in [0.5, 0.6) is 0 Å². The van der Waals surface area contributed by atoms with Gasteiger partial charge in [0.05, 0.1) is 12.7 Å². The van der Waals surface area contributed by atoms with Crippen LogP contribution in [0, 0.1) is 0 Å². The summed E-state index contributed by atoms with van der Waals surface area (Å²) in [6.07, 6.45) is -0.129. The van der Waals surface area contributed by atoms with Crippen LogP contribution in [0.4, 0.5) is 5.69 Å². The molecule has 8 nitrogen and oxygen atoms in total. The summed E-state index contributed by atoms with van der Waals surface area (Å²) in [6, 6.07) is 14.7. The number of amides is 3. The van der Waals surface area contributed by atoms with E-state index >= 15 is 0 Å². The van der Waals surface area contributed by atoms with Crippen molar-refractivity contribution in [1.29, 1.82) is 0 Å². The molecule has 3 N–H and O–H groups in total. The second-order valence-corrected chi connectivity index (χ2v) is 5.49. The smallest absolute Gasteiger partial charge is 0.337 e. The highest BCUT2D eigenvalue weighted by atomic mass is 16.5. The Morgan fingerprint density at radius 1 is 0.815 bits per heavy atom. The molecule has 0 heterocycles. The van der Waals surface area contributed by atoms with Crippen molar-refractivity contribution >= 4 is 29.4 Å². The minimum Gasteiger partial charge on any atom is -0.465 e. The highest BCUT2D eigenvalue weighted by Gasteiger charge is 2.12. The Labute approximate surface area is 155 Å². The lowest BCUT2D eigenvalue weighted by Crippen LogP contribution is -2.41. The maximum absolute atomic E-state index is 12.0. The molecule has 3 amide bonds. The maximum atomic E-state index is 12.0. The molecule has 0 fully saturated rings. The number of hydrogen-bond acceptors (Lipinski definition) is 5. The van der Waals surface area contributed by atoms with Gasteiger partial charge in [-0.05, 0) is 30.3 Å². The SMILES string of the molecule is COC(=O)c1cccc(C(=O)NNC(=O)CCC(=O)Nc2ccccc2)c1. The molecular formula is C19H19N3O5. The summed E-state index contributed by atoms with van der Waals surface area (Å²) in [6.45, 7) is 0. The predicted octanol–water partition coefficient (Wildman–Crippen LogP) is 1.65. The van der Waals surface area contributed by atoms with Crippen LogP contribution in [0.2, 0.25) is 0 Å². The van der Waals surface area contributed by atoms with Crippen molar-refractivity contribution < 1.29 is 23.9 Å².